The number of carbonyl (C=O) groups excluding carboxylic acids is 1. The predicted octanol–water partition coefficient (Wildman–Crippen LogP) is 2.53. The Balaban J connectivity index is 1.43. The molecule has 1 saturated carbocycles. The first-order valence-corrected chi connectivity index (χ1v) is 9.67. The molecule has 0 spiro atoms. The first-order chi connectivity index (χ1) is 13.1. The van der Waals surface area contributed by atoms with E-state index in [2.05, 4.69) is 22.3 Å². The molecule has 1 aromatic heterocycles. The Hall–Kier alpha value is -2.28. The zero-order valence-electron chi connectivity index (χ0n) is 15.1. The molecule has 2 atom stereocenters. The molecule has 2 heterocycles. The second kappa shape index (κ2) is 9.08. The van der Waals surface area contributed by atoms with Crippen molar-refractivity contribution in [3.8, 4) is 24.3 Å². The number of nitrogens with zero attached hydrogens (tertiary/aromatic N) is 3. The molecule has 6 nitrogen and oxygen atoms in total. The standard InChI is InChI=1S/C20H23ClN4O2/c1-2-16-6-7-17(11-22)25(16)20(26)13-23-15-4-8-18(9-5-15)27-19-10-3-14(21)12-24-19/h1,3,10,12,15-18,23H,4-9,13H2/t15-,16-,17-,18-/m0/s1. The molecule has 27 heavy (non-hydrogen) atoms. The molecule has 1 amide bonds. The summed E-state index contributed by atoms with van der Waals surface area (Å²) in [6.45, 7) is 0.214. The molecule has 0 bridgehead atoms. The highest BCUT2D eigenvalue weighted by Gasteiger charge is 2.36. The van der Waals surface area contributed by atoms with Gasteiger partial charge in [-0.25, -0.2) is 4.98 Å². The zero-order chi connectivity index (χ0) is 19.2. The van der Waals surface area contributed by atoms with E-state index in [0.717, 1.165) is 25.7 Å². The van der Waals surface area contributed by atoms with Crippen LogP contribution in [0.25, 0.3) is 0 Å². The third-order valence-corrected chi connectivity index (χ3v) is 5.44. The molecule has 1 aliphatic heterocycles. The SMILES string of the molecule is C#C[C@H]1CC[C@@H](C#N)N1C(=O)CN[C@H]1CC[C@H](Oc2ccc(Cl)cn2)CC1. The maximum absolute atomic E-state index is 12.5. The Morgan fingerprint density at radius 3 is 2.67 bits per heavy atom. The van der Waals surface area contributed by atoms with E-state index < -0.39 is 6.04 Å². The van der Waals surface area contributed by atoms with Gasteiger partial charge in [0.2, 0.25) is 11.8 Å². The molecule has 1 saturated heterocycles. The lowest BCUT2D eigenvalue weighted by molar-refractivity contribution is -0.131. The molecule has 7 heteroatoms. The lowest BCUT2D eigenvalue weighted by atomic mass is 9.93. The van der Waals surface area contributed by atoms with Gasteiger partial charge in [-0.15, -0.1) is 6.42 Å². The molecule has 0 radical (unpaired) electrons. The summed E-state index contributed by atoms with van der Waals surface area (Å²) in [6.07, 6.45) is 12.2. The molecular weight excluding hydrogens is 364 g/mol. The molecular formula is C20H23ClN4O2. The van der Waals surface area contributed by atoms with Crippen LogP contribution in [0, 0.1) is 23.7 Å². The highest BCUT2D eigenvalue weighted by Crippen LogP contribution is 2.25. The van der Waals surface area contributed by atoms with Crippen LogP contribution in [0.15, 0.2) is 18.3 Å². The number of likely N-dealkylation sites (tertiary alicyclic amines) is 1. The fourth-order valence-electron chi connectivity index (χ4n) is 3.76. The minimum absolute atomic E-state index is 0.0919. The molecule has 2 aliphatic rings. The fourth-order valence-corrected chi connectivity index (χ4v) is 3.87. The largest absolute Gasteiger partial charge is 0.474 e. The number of carbonyl (C=O) groups is 1. The summed E-state index contributed by atoms with van der Waals surface area (Å²) in [5.41, 5.74) is 0. The van der Waals surface area contributed by atoms with Crippen molar-refractivity contribution in [3.05, 3.63) is 23.4 Å². The number of aromatic nitrogens is 1. The first kappa shape index (κ1) is 19.5. The van der Waals surface area contributed by atoms with Gasteiger partial charge in [0.25, 0.3) is 0 Å². The van der Waals surface area contributed by atoms with Gasteiger partial charge in [-0.3, -0.25) is 4.79 Å². The van der Waals surface area contributed by atoms with E-state index >= 15 is 0 Å². The summed E-state index contributed by atoms with van der Waals surface area (Å²) >= 11 is 5.83. The van der Waals surface area contributed by atoms with Crippen LogP contribution in [0.4, 0.5) is 0 Å². The summed E-state index contributed by atoms with van der Waals surface area (Å²) in [5, 5.41) is 13.1. The fraction of sp³-hybridized carbons (Fsp3) is 0.550. The smallest absolute Gasteiger partial charge is 0.238 e. The summed E-state index contributed by atoms with van der Waals surface area (Å²) in [4.78, 5) is 18.3. The normalized spacial score (nSPS) is 27.6. The van der Waals surface area contributed by atoms with E-state index in [0.29, 0.717) is 23.7 Å². The van der Waals surface area contributed by atoms with Crippen molar-refractivity contribution in [2.24, 2.45) is 0 Å². The van der Waals surface area contributed by atoms with Gasteiger partial charge >= 0.3 is 0 Å². The van der Waals surface area contributed by atoms with Crippen molar-refractivity contribution >= 4 is 17.5 Å². The average Bonchev–Trinajstić information content (AvgIpc) is 3.12. The van der Waals surface area contributed by atoms with Crippen molar-refractivity contribution in [1.82, 2.24) is 15.2 Å². The number of rotatable bonds is 5. The maximum Gasteiger partial charge on any atom is 0.238 e. The molecule has 1 aliphatic carbocycles. The van der Waals surface area contributed by atoms with Crippen molar-refractivity contribution < 1.29 is 9.53 Å². The van der Waals surface area contributed by atoms with Crippen LogP contribution in [0.3, 0.4) is 0 Å². The number of ether oxygens (including phenoxy) is 1. The maximum atomic E-state index is 12.5. The van der Waals surface area contributed by atoms with Gasteiger partial charge in [0.15, 0.2) is 0 Å². The van der Waals surface area contributed by atoms with Gasteiger partial charge in [-0.2, -0.15) is 5.26 Å². The van der Waals surface area contributed by atoms with Crippen LogP contribution in [-0.2, 0) is 4.79 Å². The van der Waals surface area contributed by atoms with Gasteiger partial charge in [0.1, 0.15) is 12.1 Å². The van der Waals surface area contributed by atoms with E-state index in [9.17, 15) is 10.1 Å². The van der Waals surface area contributed by atoms with Gasteiger partial charge in [0, 0.05) is 18.3 Å². The number of nitrogens with one attached hydrogen (secondary N) is 1. The van der Waals surface area contributed by atoms with Crippen molar-refractivity contribution in [1.29, 1.82) is 5.26 Å². The van der Waals surface area contributed by atoms with Crippen LogP contribution in [0.2, 0.25) is 5.02 Å². The van der Waals surface area contributed by atoms with Crippen LogP contribution < -0.4 is 10.1 Å². The number of hydrogen-bond acceptors (Lipinski definition) is 5. The molecule has 1 aromatic rings. The topological polar surface area (TPSA) is 78.2 Å². The van der Waals surface area contributed by atoms with Crippen LogP contribution in [-0.4, -0.2) is 46.6 Å². The predicted molar refractivity (Wildman–Crippen MR) is 102 cm³/mol. The summed E-state index contributed by atoms with van der Waals surface area (Å²) in [6, 6.07) is 5.31. The minimum Gasteiger partial charge on any atom is -0.474 e. The van der Waals surface area contributed by atoms with Gasteiger partial charge in [-0.05, 0) is 44.6 Å². The summed E-state index contributed by atoms with van der Waals surface area (Å²) < 4.78 is 5.89. The van der Waals surface area contributed by atoms with Crippen molar-refractivity contribution in [2.75, 3.05) is 6.54 Å². The zero-order valence-corrected chi connectivity index (χ0v) is 15.9. The number of pyridine rings is 1. The van der Waals surface area contributed by atoms with Gasteiger partial charge in [-0.1, -0.05) is 17.5 Å². The van der Waals surface area contributed by atoms with Crippen molar-refractivity contribution in [2.45, 2.75) is 62.8 Å². The third kappa shape index (κ3) is 4.91. The van der Waals surface area contributed by atoms with Crippen molar-refractivity contribution in [3.63, 3.8) is 0 Å². The number of nitriles is 1. The summed E-state index contributed by atoms with van der Waals surface area (Å²) in [5.74, 6) is 3.12. The Bertz CT molecular complexity index is 710. The third-order valence-electron chi connectivity index (χ3n) is 5.22. The van der Waals surface area contributed by atoms with Crippen LogP contribution in [0.5, 0.6) is 5.88 Å². The Kier molecular flexibility index (Phi) is 6.55. The second-order valence-electron chi connectivity index (χ2n) is 6.99. The average molecular weight is 387 g/mol. The highest BCUT2D eigenvalue weighted by molar-refractivity contribution is 6.30. The second-order valence-corrected chi connectivity index (χ2v) is 7.43. The Morgan fingerprint density at radius 1 is 1.30 bits per heavy atom. The van der Waals surface area contributed by atoms with Crippen LogP contribution in [0.1, 0.15) is 38.5 Å². The van der Waals surface area contributed by atoms with E-state index in [1.54, 1.807) is 23.2 Å². The molecule has 142 valence electrons. The van der Waals surface area contributed by atoms with Gasteiger partial charge in [0.05, 0.1) is 23.7 Å². The van der Waals surface area contributed by atoms with Gasteiger partial charge < -0.3 is 15.0 Å². The molecule has 2 fully saturated rings. The highest BCUT2D eigenvalue weighted by atomic mass is 35.5. The lowest BCUT2D eigenvalue weighted by Gasteiger charge is -2.30. The Labute approximate surface area is 164 Å². The van der Waals surface area contributed by atoms with E-state index in [1.807, 2.05) is 0 Å². The van der Waals surface area contributed by atoms with Crippen LogP contribution >= 0.6 is 11.6 Å². The first-order valence-electron chi connectivity index (χ1n) is 9.29. The van der Waals surface area contributed by atoms with E-state index in [4.69, 9.17) is 22.8 Å². The molecule has 0 aromatic carbocycles. The number of terminal acetylenes is 1. The number of halogens is 1. The number of amides is 1. The summed E-state index contributed by atoms with van der Waals surface area (Å²) in [7, 11) is 0. The molecule has 0 unspecified atom stereocenters. The Morgan fingerprint density at radius 2 is 2.04 bits per heavy atom. The quantitative estimate of drug-likeness (QED) is 0.787. The monoisotopic (exact) mass is 386 g/mol. The lowest BCUT2D eigenvalue weighted by Crippen LogP contribution is -2.47. The molecule has 3 rings (SSSR count). The number of hydrogen-bond donors (Lipinski definition) is 1. The van der Waals surface area contributed by atoms with E-state index in [-0.39, 0.29) is 30.6 Å². The van der Waals surface area contributed by atoms with E-state index in [1.165, 1.54) is 0 Å². The molecule has 1 N–H and O–H groups in total. The minimum atomic E-state index is -0.406.